The van der Waals surface area contributed by atoms with Crippen LogP contribution in [0.3, 0.4) is 0 Å². The predicted octanol–water partition coefficient (Wildman–Crippen LogP) is 3.03. The number of hydrogen-bond acceptors (Lipinski definition) is 5. The Balaban J connectivity index is 1.50. The minimum absolute atomic E-state index is 0.0562. The van der Waals surface area contributed by atoms with E-state index in [2.05, 4.69) is 4.98 Å². The van der Waals surface area contributed by atoms with Gasteiger partial charge in [0.25, 0.3) is 0 Å². The quantitative estimate of drug-likeness (QED) is 0.325. The Morgan fingerprint density at radius 2 is 1.96 bits per heavy atom. The Morgan fingerprint density at radius 1 is 1.21 bits per heavy atom. The Bertz CT molecular complexity index is 799. The first-order valence-electron chi connectivity index (χ1n) is 7.45. The lowest BCUT2D eigenvalue weighted by Gasteiger charge is -2.12. The number of ether oxygens (including phenoxy) is 1. The lowest BCUT2D eigenvalue weighted by molar-refractivity contribution is -0.119. The fraction of sp³-hybridized carbons (Fsp3) is 0.176. The van der Waals surface area contributed by atoms with Crippen molar-refractivity contribution in [3.8, 4) is 5.75 Å². The molecule has 0 saturated heterocycles. The van der Waals surface area contributed by atoms with Crippen molar-refractivity contribution in [2.75, 3.05) is 11.6 Å². The van der Waals surface area contributed by atoms with Gasteiger partial charge in [0.2, 0.25) is 5.91 Å². The monoisotopic (exact) mass is 329 g/mol. The number of hydrogen-bond donors (Lipinski definition) is 1. The Labute approximate surface area is 137 Å². The standard InChI is InChI=1S/C17H16FN3O3/c18-12-7-9-13(10-8-12)23-11-3-6-16(22)21(19)17-20-14-4-1-2-5-15(14)24-17/h1-2,4-5,7-10H,3,6,11,19H2. The van der Waals surface area contributed by atoms with Crippen molar-refractivity contribution >= 4 is 23.0 Å². The lowest BCUT2D eigenvalue weighted by atomic mass is 10.3. The summed E-state index contributed by atoms with van der Waals surface area (Å²) < 4.78 is 23.6. The van der Waals surface area contributed by atoms with Crippen LogP contribution >= 0.6 is 0 Å². The molecule has 2 N–H and O–H groups in total. The topological polar surface area (TPSA) is 81.6 Å². The SMILES string of the molecule is NN(C(=O)CCCOc1ccc(F)cc1)c1nc2ccccc2o1. The van der Waals surface area contributed by atoms with Crippen molar-refractivity contribution in [2.45, 2.75) is 12.8 Å². The molecule has 3 rings (SSSR count). The molecule has 0 bridgehead atoms. The van der Waals surface area contributed by atoms with Crippen molar-refractivity contribution in [1.82, 2.24) is 4.98 Å². The molecule has 0 unspecified atom stereocenters. The number of para-hydroxylation sites is 2. The molecule has 0 fully saturated rings. The minimum atomic E-state index is -0.329. The summed E-state index contributed by atoms with van der Waals surface area (Å²) in [6.07, 6.45) is 0.639. The van der Waals surface area contributed by atoms with Crippen LogP contribution in [0.2, 0.25) is 0 Å². The van der Waals surface area contributed by atoms with E-state index in [0.29, 0.717) is 29.9 Å². The van der Waals surface area contributed by atoms with E-state index in [9.17, 15) is 9.18 Å². The molecule has 124 valence electrons. The highest BCUT2D eigenvalue weighted by Crippen LogP contribution is 2.20. The summed E-state index contributed by atoms with van der Waals surface area (Å²) in [5, 5.41) is 0.901. The largest absolute Gasteiger partial charge is 0.494 e. The average Bonchev–Trinajstić information content (AvgIpc) is 3.03. The molecule has 2 aromatic carbocycles. The van der Waals surface area contributed by atoms with Gasteiger partial charge < -0.3 is 9.15 Å². The maximum atomic E-state index is 12.8. The van der Waals surface area contributed by atoms with Crippen molar-refractivity contribution < 1.29 is 18.3 Å². The van der Waals surface area contributed by atoms with Crippen molar-refractivity contribution in [2.24, 2.45) is 5.84 Å². The third-order valence-electron chi connectivity index (χ3n) is 3.37. The minimum Gasteiger partial charge on any atom is -0.494 e. The van der Waals surface area contributed by atoms with Gasteiger partial charge in [-0.15, -0.1) is 0 Å². The number of oxazole rings is 1. The Hall–Kier alpha value is -2.93. The number of nitrogens with two attached hydrogens (primary N) is 1. The fourth-order valence-electron chi connectivity index (χ4n) is 2.13. The van der Waals surface area contributed by atoms with Gasteiger partial charge in [-0.05, 0) is 42.8 Å². The van der Waals surface area contributed by atoms with E-state index in [1.54, 1.807) is 12.1 Å². The zero-order valence-electron chi connectivity index (χ0n) is 12.8. The number of halogens is 1. The van der Waals surface area contributed by atoms with Crippen molar-refractivity contribution in [1.29, 1.82) is 0 Å². The smallest absolute Gasteiger partial charge is 0.320 e. The van der Waals surface area contributed by atoms with Gasteiger partial charge in [-0.25, -0.2) is 10.2 Å². The van der Waals surface area contributed by atoms with E-state index in [1.165, 1.54) is 24.3 Å². The van der Waals surface area contributed by atoms with Crippen LogP contribution in [0.5, 0.6) is 5.75 Å². The van der Waals surface area contributed by atoms with Crippen LogP contribution in [0.1, 0.15) is 12.8 Å². The maximum absolute atomic E-state index is 12.8. The molecule has 7 heteroatoms. The first kappa shape index (κ1) is 15.9. The number of benzene rings is 2. The summed E-state index contributed by atoms with van der Waals surface area (Å²) in [6.45, 7) is 0.318. The molecule has 0 aliphatic carbocycles. The van der Waals surface area contributed by atoms with Crippen LogP contribution in [0, 0.1) is 5.82 Å². The number of aromatic nitrogens is 1. The van der Waals surface area contributed by atoms with E-state index in [0.717, 1.165) is 5.01 Å². The molecular weight excluding hydrogens is 313 g/mol. The second kappa shape index (κ2) is 7.10. The number of fused-ring (bicyclic) bond motifs is 1. The molecule has 3 aromatic rings. The number of rotatable bonds is 6. The molecule has 1 heterocycles. The van der Waals surface area contributed by atoms with Crippen LogP contribution in [-0.2, 0) is 4.79 Å². The molecule has 0 radical (unpaired) electrons. The second-order valence-corrected chi connectivity index (χ2v) is 5.13. The zero-order valence-corrected chi connectivity index (χ0v) is 12.8. The van der Waals surface area contributed by atoms with Crippen molar-refractivity contribution in [3.05, 3.63) is 54.3 Å². The average molecular weight is 329 g/mol. The van der Waals surface area contributed by atoms with Gasteiger partial charge in [0, 0.05) is 6.42 Å². The lowest BCUT2D eigenvalue weighted by Crippen LogP contribution is -2.37. The third-order valence-corrected chi connectivity index (χ3v) is 3.37. The van der Waals surface area contributed by atoms with E-state index in [4.69, 9.17) is 15.0 Å². The summed E-state index contributed by atoms with van der Waals surface area (Å²) in [5.41, 5.74) is 1.20. The summed E-state index contributed by atoms with van der Waals surface area (Å²) in [5.74, 6) is 5.65. The van der Waals surface area contributed by atoms with E-state index >= 15 is 0 Å². The van der Waals surface area contributed by atoms with Crippen molar-refractivity contribution in [3.63, 3.8) is 0 Å². The van der Waals surface area contributed by atoms with Crippen LogP contribution < -0.4 is 15.6 Å². The summed E-state index contributed by atoms with van der Waals surface area (Å²) in [6, 6.07) is 12.9. The third kappa shape index (κ3) is 3.69. The van der Waals surface area contributed by atoms with E-state index in [1.807, 2.05) is 12.1 Å². The second-order valence-electron chi connectivity index (χ2n) is 5.13. The number of amides is 1. The normalized spacial score (nSPS) is 10.8. The van der Waals surface area contributed by atoms with Gasteiger partial charge in [-0.3, -0.25) is 4.79 Å². The highest BCUT2D eigenvalue weighted by Gasteiger charge is 2.17. The molecule has 0 aliphatic heterocycles. The molecular formula is C17H16FN3O3. The van der Waals surface area contributed by atoms with Gasteiger partial charge in [-0.1, -0.05) is 12.1 Å². The van der Waals surface area contributed by atoms with E-state index in [-0.39, 0.29) is 24.2 Å². The Kier molecular flexibility index (Phi) is 4.72. The van der Waals surface area contributed by atoms with Gasteiger partial charge in [-0.2, -0.15) is 9.99 Å². The van der Waals surface area contributed by atoms with Gasteiger partial charge in [0.1, 0.15) is 17.1 Å². The van der Waals surface area contributed by atoms with Crippen LogP contribution in [0.25, 0.3) is 11.1 Å². The first-order valence-corrected chi connectivity index (χ1v) is 7.45. The number of anilines is 1. The van der Waals surface area contributed by atoms with E-state index < -0.39 is 0 Å². The number of hydrazine groups is 1. The van der Waals surface area contributed by atoms with Crippen LogP contribution in [0.4, 0.5) is 10.4 Å². The first-order chi connectivity index (χ1) is 11.6. The maximum Gasteiger partial charge on any atom is 0.320 e. The van der Waals surface area contributed by atoms with Crippen LogP contribution in [0.15, 0.2) is 52.9 Å². The number of carbonyl (C=O) groups excluding carboxylic acids is 1. The number of nitrogens with zero attached hydrogens (tertiary/aromatic N) is 2. The van der Waals surface area contributed by atoms with Crippen LogP contribution in [-0.4, -0.2) is 17.5 Å². The van der Waals surface area contributed by atoms with Gasteiger partial charge in [0.05, 0.1) is 6.61 Å². The number of carbonyl (C=O) groups is 1. The molecule has 24 heavy (non-hydrogen) atoms. The highest BCUT2D eigenvalue weighted by molar-refractivity contribution is 5.91. The fourth-order valence-corrected chi connectivity index (χ4v) is 2.13. The molecule has 0 saturated carbocycles. The molecule has 1 amide bonds. The van der Waals surface area contributed by atoms with Gasteiger partial charge >= 0.3 is 6.01 Å². The summed E-state index contributed by atoms with van der Waals surface area (Å²) >= 11 is 0. The Morgan fingerprint density at radius 3 is 2.71 bits per heavy atom. The molecule has 6 nitrogen and oxygen atoms in total. The highest BCUT2D eigenvalue weighted by atomic mass is 19.1. The molecule has 0 spiro atoms. The van der Waals surface area contributed by atoms with Gasteiger partial charge in [0.15, 0.2) is 5.58 Å². The molecule has 0 atom stereocenters. The molecule has 0 aliphatic rings. The molecule has 1 aromatic heterocycles. The summed E-state index contributed by atoms with van der Waals surface area (Å²) in [4.78, 5) is 16.2. The predicted molar refractivity (Wildman–Crippen MR) is 86.8 cm³/mol. The summed E-state index contributed by atoms with van der Waals surface area (Å²) in [7, 11) is 0. The zero-order chi connectivity index (χ0) is 16.9.